The Kier molecular flexibility index (Phi) is 4.52. The van der Waals surface area contributed by atoms with E-state index in [0.717, 1.165) is 31.5 Å². The zero-order chi connectivity index (χ0) is 20.8. The van der Waals surface area contributed by atoms with Crippen LogP contribution in [0.4, 0.5) is 0 Å². The predicted molar refractivity (Wildman–Crippen MR) is 118 cm³/mol. The Labute approximate surface area is 178 Å². The molecule has 0 bridgehead atoms. The van der Waals surface area contributed by atoms with E-state index in [9.17, 15) is 4.79 Å². The van der Waals surface area contributed by atoms with Crippen molar-refractivity contribution in [2.75, 3.05) is 13.1 Å². The molecule has 5 rings (SSSR count). The van der Waals surface area contributed by atoms with Gasteiger partial charge in [0, 0.05) is 18.3 Å². The first kappa shape index (κ1) is 19.1. The lowest BCUT2D eigenvalue weighted by atomic mass is 9.82. The maximum absolute atomic E-state index is 13.3. The number of piperidine rings is 1. The van der Waals surface area contributed by atoms with E-state index in [1.54, 1.807) is 0 Å². The van der Waals surface area contributed by atoms with Gasteiger partial charge >= 0.3 is 5.97 Å². The fourth-order valence-corrected chi connectivity index (χ4v) is 5.20. The molecule has 0 atom stereocenters. The molecule has 3 nitrogen and oxygen atoms in total. The molecule has 1 aliphatic heterocycles. The number of esters is 1. The van der Waals surface area contributed by atoms with Crippen molar-refractivity contribution in [1.82, 2.24) is 0 Å². The van der Waals surface area contributed by atoms with Gasteiger partial charge in [0.1, 0.15) is 5.60 Å². The third kappa shape index (κ3) is 2.96. The first-order valence-electron chi connectivity index (χ1n) is 10.9. The van der Waals surface area contributed by atoms with Crippen molar-refractivity contribution in [3.8, 4) is 11.1 Å². The highest BCUT2D eigenvalue weighted by atomic mass is 16.6. The summed E-state index contributed by atoms with van der Waals surface area (Å²) in [5.41, 5.74) is 6.07. The number of ether oxygens (including phenoxy) is 1. The summed E-state index contributed by atoms with van der Waals surface area (Å²) < 4.78 is 6.30. The second-order valence-corrected chi connectivity index (χ2v) is 9.05. The Morgan fingerprint density at radius 2 is 1.50 bits per heavy atom. The van der Waals surface area contributed by atoms with Gasteiger partial charge in [-0.15, -0.1) is 0 Å². The van der Waals surface area contributed by atoms with Crippen LogP contribution in [-0.2, 0) is 15.8 Å². The number of rotatable bonds is 3. The lowest BCUT2D eigenvalue weighted by Gasteiger charge is -2.36. The molecule has 0 unspecified atom stereocenters. The molecule has 0 saturated carbocycles. The molecular formula is C27H28NO2+. The van der Waals surface area contributed by atoms with Gasteiger partial charge in [0.15, 0.2) is 0 Å². The van der Waals surface area contributed by atoms with E-state index < -0.39 is 5.60 Å². The van der Waals surface area contributed by atoms with E-state index in [4.69, 9.17) is 4.74 Å². The van der Waals surface area contributed by atoms with E-state index in [0.29, 0.717) is 5.56 Å². The molecule has 152 valence electrons. The third-order valence-corrected chi connectivity index (χ3v) is 6.91. The van der Waals surface area contributed by atoms with Gasteiger partial charge in [-0.3, -0.25) is 0 Å². The summed E-state index contributed by atoms with van der Waals surface area (Å²) >= 11 is 0. The van der Waals surface area contributed by atoms with Crippen molar-refractivity contribution >= 4 is 5.97 Å². The first-order chi connectivity index (χ1) is 14.5. The summed E-state index contributed by atoms with van der Waals surface area (Å²) in [5, 5.41) is 2.30. The fraction of sp³-hybridized carbons (Fsp3) is 0.296. The average molecular weight is 399 g/mol. The highest BCUT2D eigenvalue weighted by molar-refractivity contribution is 5.92. The van der Waals surface area contributed by atoms with Crippen LogP contribution >= 0.6 is 0 Å². The molecule has 3 heteroatoms. The Morgan fingerprint density at radius 1 is 0.833 bits per heavy atom. The lowest BCUT2D eigenvalue weighted by Crippen LogP contribution is -2.87. The van der Waals surface area contributed by atoms with E-state index in [-0.39, 0.29) is 11.4 Å². The smallest absolute Gasteiger partial charge is 0.339 e. The van der Waals surface area contributed by atoms with Crippen LogP contribution < -0.4 is 5.32 Å². The molecule has 3 aromatic rings. The minimum atomic E-state index is -0.537. The van der Waals surface area contributed by atoms with Gasteiger partial charge in [-0.25, -0.2) is 4.79 Å². The Morgan fingerprint density at radius 3 is 2.27 bits per heavy atom. The molecule has 0 amide bonds. The molecule has 1 heterocycles. The predicted octanol–water partition coefficient (Wildman–Crippen LogP) is 4.40. The molecule has 2 N–H and O–H groups in total. The number of carbonyl (C=O) groups excluding carboxylic acids is 1. The van der Waals surface area contributed by atoms with Gasteiger partial charge < -0.3 is 10.1 Å². The summed E-state index contributed by atoms with van der Waals surface area (Å²) in [6, 6.07) is 24.8. The zero-order valence-electron chi connectivity index (χ0n) is 17.7. The number of hydrogen-bond donors (Lipinski definition) is 1. The van der Waals surface area contributed by atoms with Crippen LogP contribution in [-0.4, -0.2) is 19.1 Å². The van der Waals surface area contributed by atoms with Crippen molar-refractivity contribution < 1.29 is 14.8 Å². The van der Waals surface area contributed by atoms with Gasteiger partial charge in [0.25, 0.3) is 0 Å². The maximum Gasteiger partial charge on any atom is 0.339 e. The topological polar surface area (TPSA) is 42.9 Å². The lowest BCUT2D eigenvalue weighted by molar-refractivity contribution is -0.668. The fourth-order valence-electron chi connectivity index (χ4n) is 5.20. The monoisotopic (exact) mass is 398 g/mol. The molecule has 3 aromatic carbocycles. The maximum atomic E-state index is 13.3. The molecular weight excluding hydrogens is 370 g/mol. The summed E-state index contributed by atoms with van der Waals surface area (Å²) in [4.78, 5) is 13.3. The van der Waals surface area contributed by atoms with Gasteiger partial charge in [-0.1, -0.05) is 74.5 Å². The van der Waals surface area contributed by atoms with E-state index in [1.165, 1.54) is 22.3 Å². The number of benzene rings is 3. The van der Waals surface area contributed by atoms with E-state index in [2.05, 4.69) is 61.6 Å². The van der Waals surface area contributed by atoms with Crippen LogP contribution in [0.3, 0.4) is 0 Å². The van der Waals surface area contributed by atoms with Crippen molar-refractivity contribution in [3.05, 3.63) is 95.1 Å². The van der Waals surface area contributed by atoms with E-state index >= 15 is 0 Å². The second kappa shape index (κ2) is 7.10. The summed E-state index contributed by atoms with van der Waals surface area (Å²) in [6.07, 6.45) is 1.68. The number of nitrogens with two attached hydrogens (primary N) is 1. The minimum absolute atomic E-state index is 0.126. The van der Waals surface area contributed by atoms with Gasteiger partial charge in [-0.05, 0) is 39.9 Å². The third-order valence-electron chi connectivity index (χ3n) is 6.91. The van der Waals surface area contributed by atoms with Crippen LogP contribution in [0.1, 0.15) is 53.7 Å². The van der Waals surface area contributed by atoms with Crippen LogP contribution in [0, 0.1) is 0 Å². The zero-order valence-corrected chi connectivity index (χ0v) is 17.7. The van der Waals surface area contributed by atoms with Gasteiger partial charge in [-0.2, -0.15) is 0 Å². The highest BCUT2D eigenvalue weighted by Gasteiger charge is 2.40. The quantitative estimate of drug-likeness (QED) is 0.665. The SMILES string of the molecule is CC1(C)c2ccccc2-c2ccc(C(=O)OC3(c4ccccc4)CC[NH2+]CC3)cc21. The standard InChI is InChI=1S/C27H27NO2/c1-26(2)23-11-7-6-10-21(23)22-13-12-19(18-24(22)26)25(29)30-27(14-16-28-17-15-27)20-8-4-3-5-9-20/h3-13,18,28H,14-17H2,1-2H3/p+1. The van der Waals surface area contributed by atoms with Crippen molar-refractivity contribution in [3.63, 3.8) is 0 Å². The number of carbonyl (C=O) groups is 1. The Bertz CT molecular complexity index is 1090. The average Bonchev–Trinajstić information content (AvgIpc) is 3.02. The Balaban J connectivity index is 1.50. The molecule has 1 aliphatic carbocycles. The van der Waals surface area contributed by atoms with Crippen LogP contribution in [0.2, 0.25) is 0 Å². The first-order valence-corrected chi connectivity index (χ1v) is 10.9. The van der Waals surface area contributed by atoms with Crippen molar-refractivity contribution in [2.24, 2.45) is 0 Å². The molecule has 1 fully saturated rings. The molecule has 30 heavy (non-hydrogen) atoms. The molecule has 2 aliphatic rings. The van der Waals surface area contributed by atoms with Crippen molar-refractivity contribution in [2.45, 2.75) is 37.7 Å². The molecule has 0 aromatic heterocycles. The number of quaternary nitrogens is 1. The van der Waals surface area contributed by atoms with Crippen LogP contribution in [0.15, 0.2) is 72.8 Å². The molecule has 0 spiro atoms. The number of hydrogen-bond acceptors (Lipinski definition) is 2. The van der Waals surface area contributed by atoms with Gasteiger partial charge in [0.05, 0.1) is 18.7 Å². The second-order valence-electron chi connectivity index (χ2n) is 9.05. The summed E-state index contributed by atoms with van der Waals surface area (Å²) in [5.74, 6) is -0.227. The minimum Gasteiger partial charge on any atom is -0.450 e. The Hall–Kier alpha value is -2.91. The molecule has 1 saturated heterocycles. The number of fused-ring (bicyclic) bond motifs is 3. The summed E-state index contributed by atoms with van der Waals surface area (Å²) in [6.45, 7) is 6.40. The van der Waals surface area contributed by atoms with E-state index in [1.807, 2.05) is 30.3 Å². The van der Waals surface area contributed by atoms with Crippen LogP contribution in [0.5, 0.6) is 0 Å². The highest BCUT2D eigenvalue weighted by Crippen LogP contribution is 2.48. The van der Waals surface area contributed by atoms with Gasteiger partial charge in [0.2, 0.25) is 0 Å². The normalized spacial score (nSPS) is 18.3. The van der Waals surface area contributed by atoms with Crippen molar-refractivity contribution in [1.29, 1.82) is 0 Å². The largest absolute Gasteiger partial charge is 0.450 e. The van der Waals surface area contributed by atoms with Crippen LogP contribution in [0.25, 0.3) is 11.1 Å². The summed E-state index contributed by atoms with van der Waals surface area (Å²) in [7, 11) is 0. The molecule has 0 radical (unpaired) electrons.